The molecule has 6 heteroatoms. The van der Waals surface area contributed by atoms with E-state index in [-0.39, 0.29) is 37.4 Å². The van der Waals surface area contributed by atoms with Gasteiger partial charge in [0.2, 0.25) is 0 Å². The molecule has 2 aliphatic rings. The Morgan fingerprint density at radius 1 is 0.526 bits per heavy atom. The lowest BCUT2D eigenvalue weighted by Gasteiger charge is -2.19. The van der Waals surface area contributed by atoms with Gasteiger partial charge < -0.3 is 18.9 Å². The van der Waals surface area contributed by atoms with Crippen LogP contribution in [0.5, 0.6) is 11.5 Å². The first-order valence-corrected chi connectivity index (χ1v) is 14.3. The average Bonchev–Trinajstić information content (AvgIpc) is 3.35. The summed E-state index contributed by atoms with van der Waals surface area (Å²) in [5, 5.41) is 3.28. The zero-order valence-electron chi connectivity index (χ0n) is 22.1. The van der Waals surface area contributed by atoms with E-state index < -0.39 is 0 Å². The fraction of sp³-hybridized carbons (Fsp3) is 0.500. The van der Waals surface area contributed by atoms with Gasteiger partial charge in [-0.05, 0) is 51.4 Å². The lowest BCUT2D eigenvalue weighted by Crippen LogP contribution is -2.23. The maximum atomic E-state index is 12.7. The third kappa shape index (κ3) is 6.58. The number of rotatable bonds is 8. The molecule has 0 aliphatic heterocycles. The second kappa shape index (κ2) is 13.0. The highest BCUT2D eigenvalue weighted by Gasteiger charge is 2.21. The van der Waals surface area contributed by atoms with Gasteiger partial charge in [0.15, 0.2) is 13.2 Å². The summed E-state index contributed by atoms with van der Waals surface area (Å²) in [6, 6.07) is 15.5. The third-order valence-corrected chi connectivity index (χ3v) is 7.70. The summed E-state index contributed by atoms with van der Waals surface area (Å²) < 4.78 is 23.7. The van der Waals surface area contributed by atoms with Gasteiger partial charge in [0.1, 0.15) is 23.7 Å². The summed E-state index contributed by atoms with van der Waals surface area (Å²) in [5.41, 5.74) is 0. The maximum absolute atomic E-state index is 12.7. The fourth-order valence-electron chi connectivity index (χ4n) is 5.78. The molecule has 3 aromatic rings. The number of carbonyl (C=O) groups is 2. The van der Waals surface area contributed by atoms with E-state index in [1.807, 2.05) is 48.5 Å². The van der Waals surface area contributed by atoms with Crippen molar-refractivity contribution in [3.05, 3.63) is 48.5 Å². The highest BCUT2D eigenvalue weighted by Crippen LogP contribution is 2.42. The first-order chi connectivity index (χ1) is 18.7. The standard InChI is InChI=1S/C32H38O6/c33-29(37-23-13-5-1-2-6-14-23)21-35-31-25-17-9-11-19-27(25)32(28-20-12-10-18-26(28)31)36-22-30(34)38-24-15-7-3-4-8-16-24/h9-12,17-20,23-24H,1-8,13-16,21-22H2. The highest BCUT2D eigenvalue weighted by atomic mass is 16.6. The van der Waals surface area contributed by atoms with Gasteiger partial charge in [-0.3, -0.25) is 0 Å². The zero-order chi connectivity index (χ0) is 26.2. The Kier molecular flexibility index (Phi) is 9.00. The minimum absolute atomic E-state index is 0.0180. The average molecular weight is 519 g/mol. The first-order valence-electron chi connectivity index (χ1n) is 14.3. The SMILES string of the molecule is O=C(COc1c2ccccc2c(OCC(=O)OC2CCCCCC2)c2ccccc12)OC1CCCCCC1. The molecule has 0 atom stereocenters. The number of hydrogen-bond acceptors (Lipinski definition) is 6. The van der Waals surface area contributed by atoms with Crippen molar-refractivity contribution in [2.75, 3.05) is 13.2 Å². The number of carbonyl (C=O) groups excluding carboxylic acids is 2. The molecular formula is C32H38O6. The summed E-state index contributed by atoms with van der Waals surface area (Å²) in [5.74, 6) is 0.545. The van der Waals surface area contributed by atoms with Crippen molar-refractivity contribution in [2.45, 2.75) is 89.3 Å². The van der Waals surface area contributed by atoms with Crippen molar-refractivity contribution in [1.29, 1.82) is 0 Å². The molecule has 0 N–H and O–H groups in total. The molecular weight excluding hydrogens is 480 g/mol. The number of benzene rings is 3. The summed E-state index contributed by atoms with van der Waals surface area (Å²) in [6.07, 6.45) is 12.9. The van der Waals surface area contributed by atoms with Gasteiger partial charge in [-0.15, -0.1) is 0 Å². The van der Waals surface area contributed by atoms with Crippen LogP contribution in [0.2, 0.25) is 0 Å². The summed E-state index contributed by atoms with van der Waals surface area (Å²) in [7, 11) is 0. The molecule has 2 saturated carbocycles. The molecule has 0 aromatic heterocycles. The molecule has 3 aromatic carbocycles. The van der Waals surface area contributed by atoms with Crippen molar-refractivity contribution in [2.24, 2.45) is 0 Å². The van der Waals surface area contributed by atoms with Crippen LogP contribution < -0.4 is 9.47 Å². The van der Waals surface area contributed by atoms with Gasteiger partial charge in [0.05, 0.1) is 0 Å². The molecule has 0 bridgehead atoms. The minimum atomic E-state index is -0.341. The fourth-order valence-corrected chi connectivity index (χ4v) is 5.78. The van der Waals surface area contributed by atoms with Crippen LogP contribution in [0.4, 0.5) is 0 Å². The van der Waals surface area contributed by atoms with Crippen LogP contribution in [0, 0.1) is 0 Å². The van der Waals surface area contributed by atoms with Crippen LogP contribution in [0.3, 0.4) is 0 Å². The van der Waals surface area contributed by atoms with Gasteiger partial charge in [0.25, 0.3) is 0 Å². The summed E-state index contributed by atoms with van der Waals surface area (Å²) >= 11 is 0. The van der Waals surface area contributed by atoms with Crippen molar-refractivity contribution >= 4 is 33.5 Å². The molecule has 202 valence electrons. The number of ether oxygens (including phenoxy) is 4. The Morgan fingerprint density at radius 3 is 1.16 bits per heavy atom. The highest BCUT2D eigenvalue weighted by molar-refractivity contribution is 6.11. The van der Waals surface area contributed by atoms with E-state index in [2.05, 4.69) is 0 Å². The van der Waals surface area contributed by atoms with E-state index in [1.165, 1.54) is 25.7 Å². The van der Waals surface area contributed by atoms with Gasteiger partial charge in [0, 0.05) is 21.5 Å². The van der Waals surface area contributed by atoms with Crippen molar-refractivity contribution < 1.29 is 28.5 Å². The van der Waals surface area contributed by atoms with E-state index in [0.717, 1.165) is 72.9 Å². The molecule has 0 amide bonds. The van der Waals surface area contributed by atoms with Crippen molar-refractivity contribution in [3.8, 4) is 11.5 Å². The van der Waals surface area contributed by atoms with Crippen LogP contribution in [0.1, 0.15) is 77.0 Å². The molecule has 0 spiro atoms. The normalized spacial score (nSPS) is 17.5. The van der Waals surface area contributed by atoms with E-state index >= 15 is 0 Å². The predicted molar refractivity (Wildman–Crippen MR) is 148 cm³/mol. The second-order valence-corrected chi connectivity index (χ2v) is 10.5. The number of hydrogen-bond donors (Lipinski definition) is 0. The lowest BCUT2D eigenvalue weighted by atomic mass is 10.0. The Hall–Kier alpha value is -3.28. The van der Waals surface area contributed by atoms with Crippen LogP contribution in [0.15, 0.2) is 48.5 Å². The van der Waals surface area contributed by atoms with Crippen LogP contribution in [0.25, 0.3) is 21.5 Å². The third-order valence-electron chi connectivity index (χ3n) is 7.70. The quantitative estimate of drug-likeness (QED) is 0.177. The lowest BCUT2D eigenvalue weighted by molar-refractivity contribution is -0.152. The molecule has 0 unspecified atom stereocenters. The van der Waals surface area contributed by atoms with Crippen LogP contribution >= 0.6 is 0 Å². The first kappa shape index (κ1) is 26.3. The van der Waals surface area contributed by atoms with E-state index in [0.29, 0.717) is 11.5 Å². The van der Waals surface area contributed by atoms with Crippen LogP contribution in [-0.2, 0) is 19.1 Å². The molecule has 0 radical (unpaired) electrons. The number of esters is 2. The number of fused-ring (bicyclic) bond motifs is 2. The van der Waals surface area contributed by atoms with Gasteiger partial charge in [-0.25, -0.2) is 9.59 Å². The molecule has 2 aliphatic carbocycles. The van der Waals surface area contributed by atoms with Crippen molar-refractivity contribution in [3.63, 3.8) is 0 Å². The molecule has 0 saturated heterocycles. The molecule has 5 rings (SSSR count). The van der Waals surface area contributed by atoms with Crippen LogP contribution in [-0.4, -0.2) is 37.4 Å². The minimum Gasteiger partial charge on any atom is -0.481 e. The smallest absolute Gasteiger partial charge is 0.344 e. The Morgan fingerprint density at radius 2 is 0.842 bits per heavy atom. The molecule has 6 nitrogen and oxygen atoms in total. The molecule has 38 heavy (non-hydrogen) atoms. The molecule has 2 fully saturated rings. The monoisotopic (exact) mass is 518 g/mol. The second-order valence-electron chi connectivity index (χ2n) is 10.5. The predicted octanol–water partition coefficient (Wildman–Crippen LogP) is 7.28. The van der Waals surface area contributed by atoms with E-state index in [1.54, 1.807) is 0 Å². The largest absolute Gasteiger partial charge is 0.481 e. The zero-order valence-corrected chi connectivity index (χ0v) is 22.1. The Labute approximate surface area is 224 Å². The Bertz CT molecular complexity index is 1080. The maximum Gasteiger partial charge on any atom is 0.344 e. The Balaban J connectivity index is 1.34. The van der Waals surface area contributed by atoms with Gasteiger partial charge >= 0.3 is 11.9 Å². The van der Waals surface area contributed by atoms with Crippen molar-refractivity contribution in [1.82, 2.24) is 0 Å². The van der Waals surface area contributed by atoms with Gasteiger partial charge in [-0.1, -0.05) is 74.2 Å². The van der Waals surface area contributed by atoms with Gasteiger partial charge in [-0.2, -0.15) is 0 Å². The van der Waals surface area contributed by atoms with E-state index in [4.69, 9.17) is 18.9 Å². The van der Waals surface area contributed by atoms with E-state index in [9.17, 15) is 9.59 Å². The molecule has 0 heterocycles. The summed E-state index contributed by atoms with van der Waals surface area (Å²) in [4.78, 5) is 25.4. The topological polar surface area (TPSA) is 71.1 Å². The summed E-state index contributed by atoms with van der Waals surface area (Å²) in [6.45, 7) is -0.309.